The van der Waals surface area contributed by atoms with Crippen LogP contribution in [0.1, 0.15) is 82.3 Å². The molecule has 4 aromatic rings. The molecule has 0 spiro atoms. The van der Waals surface area contributed by atoms with E-state index < -0.39 is 18.5 Å². The van der Waals surface area contributed by atoms with Gasteiger partial charge in [-0.3, -0.25) is 4.79 Å². The number of aromatic amines is 1. The highest BCUT2D eigenvalue weighted by molar-refractivity contribution is 5.92. The van der Waals surface area contributed by atoms with Gasteiger partial charge in [0.05, 0.1) is 11.4 Å². The molecule has 4 rings (SSSR count). The zero-order valence-corrected chi connectivity index (χ0v) is 28.7. The second kappa shape index (κ2) is 20.2. The third-order valence-corrected chi connectivity index (χ3v) is 8.25. The van der Waals surface area contributed by atoms with E-state index in [0.717, 1.165) is 52.4 Å². The van der Waals surface area contributed by atoms with Crippen LogP contribution in [0.25, 0.3) is 46.1 Å². The number of hydrogen-bond acceptors (Lipinski definition) is 5. The smallest absolute Gasteiger partial charge is 0.341 e. The van der Waals surface area contributed by atoms with Crippen LogP contribution in [0.4, 0.5) is 0 Å². The van der Waals surface area contributed by atoms with Crippen molar-refractivity contribution in [2.45, 2.75) is 71.1 Å². The molecule has 0 aliphatic rings. The Kier molecular flexibility index (Phi) is 15.1. The maximum atomic E-state index is 12.4. The van der Waals surface area contributed by atoms with Crippen molar-refractivity contribution in [3.05, 3.63) is 96.1 Å². The first-order valence-electron chi connectivity index (χ1n) is 17.4. The lowest BCUT2D eigenvalue weighted by Crippen LogP contribution is -2.21. The molecule has 0 radical (unpaired) electrons. The van der Waals surface area contributed by atoms with Gasteiger partial charge in [-0.25, -0.2) is 14.6 Å². The van der Waals surface area contributed by atoms with Crippen molar-refractivity contribution in [3.63, 3.8) is 0 Å². The first-order chi connectivity index (χ1) is 24.3. The fraction of sp³-hybridized carbons (Fsp3) is 0.317. The zero-order chi connectivity index (χ0) is 35.6. The van der Waals surface area contributed by atoms with Gasteiger partial charge in [-0.1, -0.05) is 113 Å². The van der Waals surface area contributed by atoms with Crippen molar-refractivity contribution in [1.82, 2.24) is 15.3 Å². The zero-order valence-electron chi connectivity index (χ0n) is 28.7. The first kappa shape index (κ1) is 37.4. The monoisotopic (exact) mass is 677 g/mol. The molecule has 4 N–H and O–H groups in total. The minimum absolute atomic E-state index is 0.106. The molecule has 0 aliphatic heterocycles. The van der Waals surface area contributed by atoms with E-state index in [1.54, 1.807) is 24.3 Å². The first-order valence-corrected chi connectivity index (χ1v) is 17.4. The number of carbonyl (C=O) groups excluding carboxylic acids is 1. The van der Waals surface area contributed by atoms with E-state index >= 15 is 0 Å². The number of nitrogens with one attached hydrogen (secondary N) is 2. The molecule has 1 amide bonds. The van der Waals surface area contributed by atoms with Crippen LogP contribution in [0.5, 0.6) is 5.75 Å². The topological polar surface area (TPSA) is 142 Å². The molecule has 262 valence electrons. The fourth-order valence-corrected chi connectivity index (χ4v) is 5.52. The average Bonchev–Trinajstić information content (AvgIpc) is 3.57. The summed E-state index contributed by atoms with van der Waals surface area (Å²) in [7, 11) is 0. The number of carboxylic acids is 2. The second-order valence-electron chi connectivity index (χ2n) is 12.2. The summed E-state index contributed by atoms with van der Waals surface area (Å²) in [5.74, 6) is -1.12. The quantitative estimate of drug-likeness (QED) is 0.0509. The largest absolute Gasteiger partial charge is 0.482 e. The van der Waals surface area contributed by atoms with E-state index in [-0.39, 0.29) is 5.91 Å². The summed E-state index contributed by atoms with van der Waals surface area (Å²) in [6.45, 7) is 2.49. The number of benzene rings is 3. The third kappa shape index (κ3) is 12.5. The van der Waals surface area contributed by atoms with Crippen LogP contribution in [0.2, 0.25) is 0 Å². The molecule has 1 aromatic heterocycles. The molecule has 0 saturated carbocycles. The number of carboxylic acid groups (broad SMARTS) is 2. The minimum Gasteiger partial charge on any atom is -0.482 e. The SMILES string of the molecule is CCCCCCCCCCCCNC(=O)/C=C/c1ccc(-c2[nH]c(-c3ccc(/C=C/C(=O)O)cc3)nc2-c2ccc(OCC(=O)O)cc2)cc1. The summed E-state index contributed by atoms with van der Waals surface area (Å²) >= 11 is 0. The highest BCUT2D eigenvalue weighted by Crippen LogP contribution is 2.34. The third-order valence-electron chi connectivity index (χ3n) is 8.25. The van der Waals surface area contributed by atoms with E-state index in [1.165, 1.54) is 57.4 Å². The molecule has 9 heteroatoms. The Morgan fingerprint density at radius 1 is 0.700 bits per heavy atom. The van der Waals surface area contributed by atoms with Crippen LogP contribution in [-0.2, 0) is 14.4 Å². The molecule has 50 heavy (non-hydrogen) atoms. The number of aromatic nitrogens is 2. The van der Waals surface area contributed by atoms with Gasteiger partial charge in [-0.2, -0.15) is 0 Å². The molecular formula is C41H47N3O6. The Morgan fingerprint density at radius 2 is 1.24 bits per heavy atom. The summed E-state index contributed by atoms with van der Waals surface area (Å²) in [6.07, 6.45) is 18.6. The summed E-state index contributed by atoms with van der Waals surface area (Å²) in [6, 6.07) is 22.2. The van der Waals surface area contributed by atoms with E-state index in [0.29, 0.717) is 23.8 Å². The van der Waals surface area contributed by atoms with Gasteiger partial charge in [0, 0.05) is 35.4 Å². The Balaban J connectivity index is 1.40. The molecule has 3 aromatic carbocycles. The van der Waals surface area contributed by atoms with Crippen molar-refractivity contribution >= 4 is 30.0 Å². The summed E-state index contributed by atoms with van der Waals surface area (Å²) in [5.41, 5.74) is 5.59. The van der Waals surface area contributed by atoms with Crippen LogP contribution in [-0.4, -0.2) is 51.2 Å². The lowest BCUT2D eigenvalue weighted by molar-refractivity contribution is -0.139. The van der Waals surface area contributed by atoms with Crippen LogP contribution in [0.3, 0.4) is 0 Å². The number of unbranched alkanes of at least 4 members (excludes halogenated alkanes) is 9. The standard InChI is InChI=1S/C41H47N3O6/c1-2-3-4-5-6-7-8-9-10-11-28-42-36(45)26-16-30-12-18-32(19-13-30)39-40(33-22-24-35(25-23-33)50-29-38(48)49)44-41(43-39)34-20-14-31(15-21-34)17-27-37(46)47/h12-27H,2-11,28-29H2,1H3,(H,42,45)(H,43,44)(H,46,47)(H,48,49)/b26-16+,27-17+. The molecular weight excluding hydrogens is 630 g/mol. The lowest BCUT2D eigenvalue weighted by Gasteiger charge is -2.06. The summed E-state index contributed by atoms with van der Waals surface area (Å²) in [4.78, 5) is 42.6. The summed E-state index contributed by atoms with van der Waals surface area (Å²) in [5, 5.41) is 20.9. The van der Waals surface area contributed by atoms with Crippen molar-refractivity contribution < 1.29 is 29.3 Å². The number of hydrogen-bond donors (Lipinski definition) is 4. The van der Waals surface area contributed by atoms with Gasteiger partial charge < -0.3 is 25.3 Å². The minimum atomic E-state index is -1.05. The van der Waals surface area contributed by atoms with Gasteiger partial charge in [0.25, 0.3) is 0 Å². The molecule has 1 heterocycles. The highest BCUT2D eigenvalue weighted by atomic mass is 16.5. The number of aliphatic carboxylic acids is 2. The predicted octanol–water partition coefficient (Wildman–Crippen LogP) is 9.02. The van der Waals surface area contributed by atoms with Crippen molar-refractivity contribution in [3.8, 4) is 39.7 Å². The Hall–Kier alpha value is -5.44. The fourth-order valence-electron chi connectivity index (χ4n) is 5.52. The number of ether oxygens (including phenoxy) is 1. The number of rotatable bonds is 21. The van der Waals surface area contributed by atoms with E-state index in [4.69, 9.17) is 19.9 Å². The van der Waals surface area contributed by atoms with E-state index in [1.807, 2.05) is 60.7 Å². The van der Waals surface area contributed by atoms with Crippen LogP contribution in [0.15, 0.2) is 84.9 Å². The number of carbonyl (C=O) groups is 3. The van der Waals surface area contributed by atoms with Gasteiger partial charge in [0.1, 0.15) is 11.6 Å². The van der Waals surface area contributed by atoms with Crippen molar-refractivity contribution in [2.24, 2.45) is 0 Å². The van der Waals surface area contributed by atoms with Crippen LogP contribution in [0, 0.1) is 0 Å². The number of imidazole rings is 1. The normalized spacial score (nSPS) is 11.3. The molecule has 0 unspecified atom stereocenters. The molecule has 0 fully saturated rings. The van der Waals surface area contributed by atoms with E-state index in [9.17, 15) is 14.4 Å². The summed E-state index contributed by atoms with van der Waals surface area (Å²) < 4.78 is 5.30. The van der Waals surface area contributed by atoms with E-state index in [2.05, 4.69) is 17.2 Å². The molecule has 0 atom stereocenters. The maximum absolute atomic E-state index is 12.4. The van der Waals surface area contributed by atoms with Gasteiger partial charge in [0.15, 0.2) is 6.61 Å². The Labute approximate surface area is 294 Å². The number of H-pyrrole nitrogens is 1. The Morgan fingerprint density at radius 3 is 1.82 bits per heavy atom. The maximum Gasteiger partial charge on any atom is 0.341 e. The molecule has 0 bridgehead atoms. The predicted molar refractivity (Wildman–Crippen MR) is 199 cm³/mol. The second-order valence-corrected chi connectivity index (χ2v) is 12.2. The highest BCUT2D eigenvalue weighted by Gasteiger charge is 2.16. The van der Waals surface area contributed by atoms with Gasteiger partial charge in [-0.15, -0.1) is 0 Å². The van der Waals surface area contributed by atoms with Crippen LogP contribution < -0.4 is 10.1 Å². The number of nitrogens with zero attached hydrogens (tertiary/aromatic N) is 1. The molecule has 0 saturated heterocycles. The van der Waals surface area contributed by atoms with Crippen molar-refractivity contribution in [1.29, 1.82) is 0 Å². The van der Waals surface area contributed by atoms with Gasteiger partial charge in [0.2, 0.25) is 5.91 Å². The van der Waals surface area contributed by atoms with Crippen LogP contribution >= 0.6 is 0 Å². The number of amides is 1. The van der Waals surface area contributed by atoms with Crippen molar-refractivity contribution in [2.75, 3.05) is 13.2 Å². The lowest BCUT2D eigenvalue weighted by atomic mass is 10.0. The van der Waals surface area contributed by atoms with Gasteiger partial charge in [-0.05, 0) is 54.0 Å². The molecule has 9 nitrogen and oxygen atoms in total. The average molecular weight is 678 g/mol. The molecule has 0 aliphatic carbocycles. The Bertz CT molecular complexity index is 1720. The van der Waals surface area contributed by atoms with Gasteiger partial charge >= 0.3 is 11.9 Å².